The van der Waals surface area contributed by atoms with Gasteiger partial charge in [-0.3, -0.25) is 14.4 Å². The zero-order valence-corrected chi connectivity index (χ0v) is 35.3. The Labute approximate surface area is 323 Å². The Balaban J connectivity index is 4.30. The van der Waals surface area contributed by atoms with Crippen molar-refractivity contribution in [2.24, 2.45) is 5.92 Å². The molecule has 0 rings (SSSR count). The molecule has 0 fully saturated rings. The molecule has 0 saturated heterocycles. The van der Waals surface area contributed by atoms with Gasteiger partial charge in [0, 0.05) is 19.3 Å². The van der Waals surface area contributed by atoms with E-state index >= 15 is 0 Å². The van der Waals surface area contributed by atoms with Gasteiger partial charge in [0.15, 0.2) is 6.10 Å². The second kappa shape index (κ2) is 40.6. The van der Waals surface area contributed by atoms with Gasteiger partial charge in [-0.2, -0.15) is 0 Å². The molecule has 6 nitrogen and oxygen atoms in total. The first-order chi connectivity index (χ1) is 25.4. The maximum atomic E-state index is 12.7. The lowest BCUT2D eigenvalue weighted by molar-refractivity contribution is -0.167. The SMILES string of the molecule is CCCCCCCCCCCCCCCCC(=O)OC[C@H](COC(=O)CCCCCCCCCC(C)C)OC(=O)CCCCCCCCCCCC. The second-order valence-electron chi connectivity index (χ2n) is 16.2. The van der Waals surface area contributed by atoms with Crippen molar-refractivity contribution in [1.29, 1.82) is 0 Å². The first-order valence-corrected chi connectivity index (χ1v) is 22.9. The van der Waals surface area contributed by atoms with Gasteiger partial charge in [0.2, 0.25) is 0 Å². The lowest BCUT2D eigenvalue weighted by Crippen LogP contribution is -2.30. The van der Waals surface area contributed by atoms with E-state index in [-0.39, 0.29) is 31.1 Å². The van der Waals surface area contributed by atoms with Crippen molar-refractivity contribution >= 4 is 17.9 Å². The predicted octanol–water partition coefficient (Wildman–Crippen LogP) is 14.3. The number of ether oxygens (including phenoxy) is 3. The Morgan fingerprint density at radius 1 is 0.365 bits per heavy atom. The molecule has 0 heterocycles. The Morgan fingerprint density at radius 3 is 0.942 bits per heavy atom. The fraction of sp³-hybridized carbons (Fsp3) is 0.935. The second-order valence-corrected chi connectivity index (χ2v) is 16.2. The third-order valence-corrected chi connectivity index (χ3v) is 10.3. The molecule has 308 valence electrons. The number of rotatable bonds is 41. The van der Waals surface area contributed by atoms with Gasteiger partial charge in [-0.1, -0.05) is 214 Å². The standard InChI is InChI=1S/C46H88O6/c1-5-7-9-11-13-15-17-18-19-20-22-25-29-33-37-44(47)50-40-43(52-46(49)39-35-31-26-21-16-14-12-10-8-6-2)41-51-45(48)38-34-30-27-23-24-28-32-36-42(3)4/h42-43H,5-41H2,1-4H3/t43-/m1/s1. The number of unbranched alkanes of at least 4 members (excludes halogenated alkanes) is 28. The molecule has 0 aromatic rings. The maximum absolute atomic E-state index is 12.7. The summed E-state index contributed by atoms with van der Waals surface area (Å²) in [6, 6.07) is 0. The molecule has 52 heavy (non-hydrogen) atoms. The number of esters is 3. The van der Waals surface area contributed by atoms with Gasteiger partial charge >= 0.3 is 17.9 Å². The van der Waals surface area contributed by atoms with Crippen molar-refractivity contribution < 1.29 is 28.6 Å². The number of carbonyl (C=O) groups is 3. The molecule has 0 radical (unpaired) electrons. The highest BCUT2D eigenvalue weighted by atomic mass is 16.6. The van der Waals surface area contributed by atoms with E-state index < -0.39 is 6.10 Å². The van der Waals surface area contributed by atoms with Crippen molar-refractivity contribution in [3.63, 3.8) is 0 Å². The third kappa shape index (κ3) is 39.6. The maximum Gasteiger partial charge on any atom is 0.306 e. The molecule has 0 aromatic carbocycles. The van der Waals surface area contributed by atoms with Crippen molar-refractivity contribution in [2.75, 3.05) is 13.2 Å². The number of carbonyl (C=O) groups excluding carboxylic acids is 3. The Morgan fingerprint density at radius 2 is 0.635 bits per heavy atom. The fourth-order valence-corrected chi connectivity index (χ4v) is 6.80. The van der Waals surface area contributed by atoms with E-state index in [4.69, 9.17) is 14.2 Å². The largest absolute Gasteiger partial charge is 0.462 e. The van der Waals surface area contributed by atoms with Crippen LogP contribution in [0.3, 0.4) is 0 Å². The van der Waals surface area contributed by atoms with Crippen LogP contribution in [0.5, 0.6) is 0 Å². The lowest BCUT2D eigenvalue weighted by Gasteiger charge is -2.18. The van der Waals surface area contributed by atoms with Crippen LogP contribution in [-0.2, 0) is 28.6 Å². The molecular formula is C46H88O6. The lowest BCUT2D eigenvalue weighted by atomic mass is 10.0. The summed E-state index contributed by atoms with van der Waals surface area (Å²) in [6.07, 6.45) is 39.5. The van der Waals surface area contributed by atoms with Crippen LogP contribution >= 0.6 is 0 Å². The minimum Gasteiger partial charge on any atom is -0.462 e. The van der Waals surface area contributed by atoms with E-state index in [2.05, 4.69) is 27.7 Å². The smallest absolute Gasteiger partial charge is 0.306 e. The van der Waals surface area contributed by atoms with E-state index in [1.807, 2.05) is 0 Å². The van der Waals surface area contributed by atoms with Crippen molar-refractivity contribution in [3.8, 4) is 0 Å². The molecule has 0 N–H and O–H groups in total. The molecule has 0 spiro atoms. The Kier molecular flexibility index (Phi) is 39.4. The molecule has 0 aliphatic heterocycles. The van der Waals surface area contributed by atoms with E-state index in [0.717, 1.165) is 63.7 Å². The minimum absolute atomic E-state index is 0.0642. The Hall–Kier alpha value is -1.59. The molecule has 0 saturated carbocycles. The average molecular weight is 737 g/mol. The molecule has 0 aliphatic carbocycles. The van der Waals surface area contributed by atoms with Crippen LogP contribution in [0.1, 0.15) is 252 Å². The van der Waals surface area contributed by atoms with Gasteiger partial charge in [0.05, 0.1) is 0 Å². The summed E-state index contributed by atoms with van der Waals surface area (Å²) in [5.41, 5.74) is 0. The van der Waals surface area contributed by atoms with Crippen LogP contribution in [0.25, 0.3) is 0 Å². The Bertz CT molecular complexity index is 781. The molecule has 0 aliphatic rings. The molecular weight excluding hydrogens is 648 g/mol. The molecule has 0 amide bonds. The summed E-state index contributed by atoms with van der Waals surface area (Å²) in [4.78, 5) is 37.6. The van der Waals surface area contributed by atoms with Crippen molar-refractivity contribution in [1.82, 2.24) is 0 Å². The fourth-order valence-electron chi connectivity index (χ4n) is 6.80. The van der Waals surface area contributed by atoms with E-state index in [9.17, 15) is 14.4 Å². The van der Waals surface area contributed by atoms with Crippen LogP contribution in [0.15, 0.2) is 0 Å². The summed E-state index contributed by atoms with van der Waals surface area (Å²) < 4.78 is 16.7. The summed E-state index contributed by atoms with van der Waals surface area (Å²) >= 11 is 0. The van der Waals surface area contributed by atoms with Gasteiger partial charge in [-0.05, 0) is 25.2 Å². The first kappa shape index (κ1) is 50.4. The topological polar surface area (TPSA) is 78.9 Å². The van der Waals surface area contributed by atoms with E-state index in [1.165, 1.54) is 148 Å². The van der Waals surface area contributed by atoms with Gasteiger partial charge in [0.1, 0.15) is 13.2 Å². The van der Waals surface area contributed by atoms with E-state index in [0.29, 0.717) is 19.3 Å². The summed E-state index contributed by atoms with van der Waals surface area (Å²) in [5, 5.41) is 0. The summed E-state index contributed by atoms with van der Waals surface area (Å²) in [7, 11) is 0. The minimum atomic E-state index is -0.759. The number of hydrogen-bond donors (Lipinski definition) is 0. The van der Waals surface area contributed by atoms with Gasteiger partial charge < -0.3 is 14.2 Å². The van der Waals surface area contributed by atoms with Gasteiger partial charge in [-0.25, -0.2) is 0 Å². The van der Waals surface area contributed by atoms with Crippen LogP contribution < -0.4 is 0 Å². The summed E-state index contributed by atoms with van der Waals surface area (Å²) in [6.45, 7) is 8.94. The highest BCUT2D eigenvalue weighted by molar-refractivity contribution is 5.71. The molecule has 0 bridgehead atoms. The molecule has 1 atom stereocenters. The predicted molar refractivity (Wildman–Crippen MR) is 220 cm³/mol. The van der Waals surface area contributed by atoms with Gasteiger partial charge in [0.25, 0.3) is 0 Å². The normalized spacial score (nSPS) is 11.9. The number of hydrogen-bond acceptors (Lipinski definition) is 6. The monoisotopic (exact) mass is 737 g/mol. The van der Waals surface area contributed by atoms with Crippen molar-refractivity contribution in [3.05, 3.63) is 0 Å². The van der Waals surface area contributed by atoms with Gasteiger partial charge in [-0.15, -0.1) is 0 Å². The molecule has 0 aromatic heterocycles. The molecule has 0 unspecified atom stereocenters. The highest BCUT2D eigenvalue weighted by Crippen LogP contribution is 2.16. The van der Waals surface area contributed by atoms with Crippen molar-refractivity contribution in [2.45, 2.75) is 259 Å². The average Bonchev–Trinajstić information content (AvgIpc) is 3.12. The molecule has 6 heteroatoms. The summed E-state index contributed by atoms with van der Waals surface area (Å²) in [5.74, 6) is -0.0758. The van der Waals surface area contributed by atoms with Crippen LogP contribution in [0.4, 0.5) is 0 Å². The first-order valence-electron chi connectivity index (χ1n) is 22.9. The quantitative estimate of drug-likeness (QED) is 0.0353. The van der Waals surface area contributed by atoms with Crippen LogP contribution in [-0.4, -0.2) is 37.2 Å². The third-order valence-electron chi connectivity index (χ3n) is 10.3. The zero-order valence-electron chi connectivity index (χ0n) is 35.3. The van der Waals surface area contributed by atoms with Crippen LogP contribution in [0.2, 0.25) is 0 Å². The highest BCUT2D eigenvalue weighted by Gasteiger charge is 2.19. The van der Waals surface area contributed by atoms with Crippen LogP contribution in [0, 0.1) is 5.92 Å². The van der Waals surface area contributed by atoms with E-state index in [1.54, 1.807) is 0 Å². The zero-order chi connectivity index (χ0) is 38.2.